The summed E-state index contributed by atoms with van der Waals surface area (Å²) in [7, 11) is 0. The molecule has 8 aromatic rings. The number of anilines is 3. The number of benzene rings is 7. The number of fused-ring (bicyclic) bond motifs is 6. The molecule has 3 nitrogen and oxygen atoms in total. The van der Waals surface area contributed by atoms with Crippen molar-refractivity contribution in [2.24, 2.45) is 0 Å². The summed E-state index contributed by atoms with van der Waals surface area (Å²) in [5.74, 6) is 0.637. The van der Waals surface area contributed by atoms with Gasteiger partial charge in [0.25, 0.3) is 0 Å². The first-order valence-electron chi connectivity index (χ1n) is 16.1. The summed E-state index contributed by atoms with van der Waals surface area (Å²) in [5, 5.41) is 2.18. The normalized spacial score (nSPS) is 13.1. The van der Waals surface area contributed by atoms with Gasteiger partial charge in [0.05, 0.1) is 0 Å². The molecule has 0 aliphatic heterocycles. The first-order chi connectivity index (χ1) is 23.0. The van der Waals surface area contributed by atoms with Crippen LogP contribution in [0.2, 0.25) is 0 Å². The first-order valence-corrected chi connectivity index (χ1v) is 16.1. The van der Waals surface area contributed by atoms with E-state index in [-0.39, 0.29) is 5.41 Å². The minimum atomic E-state index is -0.0486. The molecule has 47 heavy (non-hydrogen) atoms. The molecule has 7 aromatic carbocycles. The lowest BCUT2D eigenvalue weighted by Crippen LogP contribution is -2.15. The molecule has 0 fully saturated rings. The van der Waals surface area contributed by atoms with Crippen LogP contribution < -0.4 is 4.90 Å². The van der Waals surface area contributed by atoms with E-state index >= 15 is 0 Å². The highest BCUT2D eigenvalue weighted by Gasteiger charge is 2.35. The van der Waals surface area contributed by atoms with Gasteiger partial charge in [-0.3, -0.25) is 0 Å². The summed E-state index contributed by atoms with van der Waals surface area (Å²) >= 11 is 0. The maximum Gasteiger partial charge on any atom is 0.227 e. The molecule has 1 aromatic heterocycles. The SMILES string of the molecule is CC1(C)c2ccccc2-c2cc(N(c3cccc(-c4ccccc4)c3)c3ccc4c(ccc5oc(-c6ccccc6)nc54)c3)ccc21. The standard InChI is InChI=1S/C44H32N2O/c1-44(2)39-19-10-9-18-37(39)38-28-35(22-24-40(38)44)46(33-17-11-16-31(26-33)29-12-5-3-6-13-29)34-21-23-36-32(27-34)20-25-41-42(36)45-43(47-41)30-14-7-4-8-15-30/h3-28H,1-2H3. The molecule has 0 radical (unpaired) electrons. The molecule has 0 unspecified atom stereocenters. The van der Waals surface area contributed by atoms with Crippen molar-refractivity contribution in [2.45, 2.75) is 19.3 Å². The lowest BCUT2D eigenvalue weighted by atomic mass is 9.82. The summed E-state index contributed by atoms with van der Waals surface area (Å²) in [5.41, 5.74) is 13.6. The van der Waals surface area contributed by atoms with Gasteiger partial charge in [-0.15, -0.1) is 0 Å². The fourth-order valence-electron chi connectivity index (χ4n) is 7.30. The topological polar surface area (TPSA) is 29.3 Å². The highest BCUT2D eigenvalue weighted by atomic mass is 16.3. The summed E-state index contributed by atoms with van der Waals surface area (Å²) < 4.78 is 6.20. The highest BCUT2D eigenvalue weighted by Crippen LogP contribution is 2.50. The third kappa shape index (κ3) is 4.46. The van der Waals surface area contributed by atoms with E-state index < -0.39 is 0 Å². The highest BCUT2D eigenvalue weighted by molar-refractivity contribution is 6.05. The monoisotopic (exact) mass is 604 g/mol. The lowest BCUT2D eigenvalue weighted by molar-refractivity contribution is 0.620. The Balaban J connectivity index is 1.22. The predicted molar refractivity (Wildman–Crippen MR) is 195 cm³/mol. The van der Waals surface area contributed by atoms with Crippen LogP contribution in [0.15, 0.2) is 162 Å². The zero-order valence-corrected chi connectivity index (χ0v) is 26.3. The molecule has 3 heteroatoms. The Morgan fingerprint density at radius 2 is 1.17 bits per heavy atom. The van der Waals surface area contributed by atoms with Gasteiger partial charge >= 0.3 is 0 Å². The Hall–Kier alpha value is -5.93. The van der Waals surface area contributed by atoms with Gasteiger partial charge in [-0.05, 0) is 99.4 Å². The molecular formula is C44H32N2O. The number of oxazole rings is 1. The molecule has 0 N–H and O–H groups in total. The smallest absolute Gasteiger partial charge is 0.227 e. The number of hydrogen-bond donors (Lipinski definition) is 0. The van der Waals surface area contributed by atoms with Gasteiger partial charge in [-0.25, -0.2) is 4.98 Å². The largest absolute Gasteiger partial charge is 0.436 e. The van der Waals surface area contributed by atoms with Gasteiger partial charge in [0.1, 0.15) is 5.52 Å². The van der Waals surface area contributed by atoms with E-state index in [0.717, 1.165) is 44.5 Å². The van der Waals surface area contributed by atoms with Gasteiger partial charge in [0, 0.05) is 33.4 Å². The van der Waals surface area contributed by atoms with E-state index in [1.165, 1.54) is 33.4 Å². The molecule has 0 amide bonds. The maximum atomic E-state index is 6.20. The maximum absolute atomic E-state index is 6.20. The molecule has 0 saturated carbocycles. The fraction of sp³-hybridized carbons (Fsp3) is 0.0682. The third-order valence-electron chi connectivity index (χ3n) is 9.67. The van der Waals surface area contributed by atoms with Crippen molar-refractivity contribution in [2.75, 3.05) is 4.90 Å². The molecule has 224 valence electrons. The summed E-state index contributed by atoms with van der Waals surface area (Å²) in [6, 6.07) is 56.1. The van der Waals surface area contributed by atoms with Crippen LogP contribution in [0.3, 0.4) is 0 Å². The van der Waals surface area contributed by atoms with Crippen molar-refractivity contribution in [1.29, 1.82) is 0 Å². The van der Waals surface area contributed by atoms with E-state index in [9.17, 15) is 0 Å². The molecular weight excluding hydrogens is 572 g/mol. The zero-order chi connectivity index (χ0) is 31.5. The fourth-order valence-corrected chi connectivity index (χ4v) is 7.30. The summed E-state index contributed by atoms with van der Waals surface area (Å²) in [4.78, 5) is 7.32. The van der Waals surface area contributed by atoms with E-state index in [1.807, 2.05) is 36.4 Å². The Bertz CT molecular complexity index is 2440. The van der Waals surface area contributed by atoms with Crippen molar-refractivity contribution in [1.82, 2.24) is 4.98 Å². The second-order valence-corrected chi connectivity index (χ2v) is 12.9. The van der Waals surface area contributed by atoms with Crippen molar-refractivity contribution in [3.05, 3.63) is 169 Å². The Morgan fingerprint density at radius 1 is 0.511 bits per heavy atom. The van der Waals surface area contributed by atoms with Crippen molar-refractivity contribution in [3.8, 4) is 33.7 Å². The van der Waals surface area contributed by atoms with E-state index in [1.54, 1.807) is 0 Å². The minimum Gasteiger partial charge on any atom is -0.436 e. The van der Waals surface area contributed by atoms with Gasteiger partial charge in [0.15, 0.2) is 5.58 Å². The number of rotatable bonds is 5. The van der Waals surface area contributed by atoms with Gasteiger partial charge in [-0.2, -0.15) is 0 Å². The summed E-state index contributed by atoms with van der Waals surface area (Å²) in [6.07, 6.45) is 0. The van der Waals surface area contributed by atoms with Crippen LogP contribution in [-0.4, -0.2) is 4.98 Å². The van der Waals surface area contributed by atoms with Gasteiger partial charge in [0.2, 0.25) is 5.89 Å². The number of hydrogen-bond acceptors (Lipinski definition) is 3. The number of aromatic nitrogens is 1. The predicted octanol–water partition coefficient (Wildman–Crippen LogP) is 12.1. The first kappa shape index (κ1) is 27.4. The van der Waals surface area contributed by atoms with Crippen LogP contribution in [0, 0.1) is 0 Å². The van der Waals surface area contributed by atoms with Gasteiger partial charge in [-0.1, -0.05) is 111 Å². The van der Waals surface area contributed by atoms with Crippen molar-refractivity contribution in [3.63, 3.8) is 0 Å². The number of nitrogens with zero attached hydrogens (tertiary/aromatic N) is 2. The van der Waals surface area contributed by atoms with Crippen LogP contribution >= 0.6 is 0 Å². The molecule has 0 saturated heterocycles. The average molecular weight is 605 g/mol. The van der Waals surface area contributed by atoms with Crippen LogP contribution in [-0.2, 0) is 5.41 Å². The summed E-state index contributed by atoms with van der Waals surface area (Å²) in [6.45, 7) is 4.66. The van der Waals surface area contributed by atoms with Crippen LogP contribution in [0.5, 0.6) is 0 Å². The molecule has 1 aliphatic carbocycles. The van der Waals surface area contributed by atoms with E-state index in [0.29, 0.717) is 5.89 Å². The Morgan fingerprint density at radius 3 is 2.00 bits per heavy atom. The second kappa shape index (κ2) is 10.6. The molecule has 1 aliphatic rings. The third-order valence-corrected chi connectivity index (χ3v) is 9.67. The Labute approximate surface area is 274 Å². The molecule has 9 rings (SSSR count). The minimum absolute atomic E-state index is 0.0486. The lowest BCUT2D eigenvalue weighted by Gasteiger charge is -2.28. The zero-order valence-electron chi connectivity index (χ0n) is 26.3. The van der Waals surface area contributed by atoms with E-state index in [4.69, 9.17) is 9.40 Å². The van der Waals surface area contributed by atoms with Crippen molar-refractivity contribution < 1.29 is 4.42 Å². The average Bonchev–Trinajstić information content (AvgIpc) is 3.66. The Kier molecular flexibility index (Phi) is 6.16. The molecule has 0 bridgehead atoms. The second-order valence-electron chi connectivity index (χ2n) is 12.9. The van der Waals surface area contributed by atoms with Crippen LogP contribution in [0.4, 0.5) is 17.1 Å². The quantitative estimate of drug-likeness (QED) is 0.196. The molecule has 0 spiro atoms. The van der Waals surface area contributed by atoms with Crippen LogP contribution in [0.25, 0.3) is 55.6 Å². The van der Waals surface area contributed by atoms with Gasteiger partial charge < -0.3 is 9.32 Å². The molecule has 1 heterocycles. The van der Waals surface area contributed by atoms with E-state index in [2.05, 4.69) is 140 Å². The molecule has 0 atom stereocenters. The van der Waals surface area contributed by atoms with Crippen LogP contribution in [0.1, 0.15) is 25.0 Å². The van der Waals surface area contributed by atoms with Crippen molar-refractivity contribution >= 4 is 38.9 Å².